The second-order valence-electron chi connectivity index (χ2n) is 4.26. The Labute approximate surface area is 111 Å². The maximum Gasteiger partial charge on any atom is 0.268 e. The molecule has 0 spiro atoms. The molecule has 1 aromatic carbocycles. The van der Waals surface area contributed by atoms with Gasteiger partial charge in [-0.2, -0.15) is 5.10 Å². The Morgan fingerprint density at radius 1 is 1.42 bits per heavy atom. The largest absolute Gasteiger partial charge is 0.493 e. The van der Waals surface area contributed by atoms with Crippen LogP contribution >= 0.6 is 0 Å². The maximum absolute atomic E-state index is 11.6. The second-order valence-corrected chi connectivity index (χ2v) is 4.26. The van der Waals surface area contributed by atoms with Crippen molar-refractivity contribution < 1.29 is 4.74 Å². The summed E-state index contributed by atoms with van der Waals surface area (Å²) in [5.41, 5.74) is 7.52. The molecule has 0 amide bonds. The summed E-state index contributed by atoms with van der Waals surface area (Å²) in [6.45, 7) is 4.26. The van der Waals surface area contributed by atoms with Gasteiger partial charge in [0.25, 0.3) is 5.56 Å². The first-order chi connectivity index (χ1) is 9.13. The molecule has 5 nitrogen and oxygen atoms in total. The molecule has 1 unspecified atom stereocenters. The first-order valence-corrected chi connectivity index (χ1v) is 6.21. The van der Waals surface area contributed by atoms with E-state index in [1.54, 1.807) is 13.0 Å². The van der Waals surface area contributed by atoms with Crippen molar-refractivity contribution in [2.45, 2.75) is 19.9 Å². The lowest BCUT2D eigenvalue weighted by Crippen LogP contribution is -2.20. The van der Waals surface area contributed by atoms with Gasteiger partial charge in [0.1, 0.15) is 5.75 Å². The van der Waals surface area contributed by atoms with Crippen LogP contribution in [0.3, 0.4) is 0 Å². The zero-order chi connectivity index (χ0) is 13.8. The zero-order valence-electron chi connectivity index (χ0n) is 11.0. The van der Waals surface area contributed by atoms with Crippen molar-refractivity contribution in [3.05, 3.63) is 46.2 Å². The van der Waals surface area contributed by atoms with Crippen molar-refractivity contribution >= 4 is 0 Å². The van der Waals surface area contributed by atoms with E-state index in [0.717, 1.165) is 11.3 Å². The SMILES string of the molecule is CCOc1ccccc1-c1cc(C(C)N)c(=O)[nH]n1. The van der Waals surface area contributed by atoms with E-state index in [9.17, 15) is 4.79 Å². The standard InChI is InChI=1S/C14H17N3O2/c1-3-19-13-7-5-4-6-10(13)12-8-11(9(2)15)14(18)17-16-12/h4-9H,3,15H2,1-2H3,(H,17,18). The van der Waals surface area contributed by atoms with Gasteiger partial charge in [0.15, 0.2) is 0 Å². The summed E-state index contributed by atoms with van der Waals surface area (Å²) in [6, 6.07) is 8.93. The third-order valence-corrected chi connectivity index (χ3v) is 2.79. The lowest BCUT2D eigenvalue weighted by atomic mass is 10.1. The lowest BCUT2D eigenvalue weighted by molar-refractivity contribution is 0.341. The van der Waals surface area contributed by atoms with Gasteiger partial charge in [0.05, 0.1) is 12.3 Å². The lowest BCUT2D eigenvalue weighted by Gasteiger charge is -2.10. The number of hydrogen-bond acceptors (Lipinski definition) is 4. The molecule has 1 aromatic heterocycles. The summed E-state index contributed by atoms with van der Waals surface area (Å²) in [7, 11) is 0. The van der Waals surface area contributed by atoms with Crippen LogP contribution in [0.25, 0.3) is 11.3 Å². The van der Waals surface area contributed by atoms with Crippen molar-refractivity contribution in [3.8, 4) is 17.0 Å². The number of nitrogens with one attached hydrogen (secondary N) is 1. The molecule has 1 heterocycles. The molecular formula is C14H17N3O2. The molecular weight excluding hydrogens is 242 g/mol. The number of H-pyrrole nitrogens is 1. The fourth-order valence-corrected chi connectivity index (χ4v) is 1.86. The fourth-order valence-electron chi connectivity index (χ4n) is 1.86. The van der Waals surface area contributed by atoms with Gasteiger partial charge < -0.3 is 10.5 Å². The molecule has 0 aliphatic carbocycles. The molecule has 2 aromatic rings. The third kappa shape index (κ3) is 2.82. The molecule has 5 heteroatoms. The Morgan fingerprint density at radius 3 is 2.84 bits per heavy atom. The van der Waals surface area contributed by atoms with Crippen LogP contribution in [0, 0.1) is 0 Å². The van der Waals surface area contributed by atoms with E-state index in [1.807, 2.05) is 31.2 Å². The highest BCUT2D eigenvalue weighted by atomic mass is 16.5. The average molecular weight is 259 g/mol. The highest BCUT2D eigenvalue weighted by Crippen LogP contribution is 2.28. The topological polar surface area (TPSA) is 81.0 Å². The quantitative estimate of drug-likeness (QED) is 0.878. The molecule has 100 valence electrons. The number of nitrogens with two attached hydrogens (primary N) is 1. The maximum atomic E-state index is 11.6. The van der Waals surface area contributed by atoms with E-state index >= 15 is 0 Å². The summed E-state index contributed by atoms with van der Waals surface area (Å²) in [5.74, 6) is 0.736. The Morgan fingerprint density at radius 2 is 2.16 bits per heavy atom. The van der Waals surface area contributed by atoms with Gasteiger partial charge in [0.2, 0.25) is 0 Å². The molecule has 0 radical (unpaired) electrons. The number of rotatable bonds is 4. The highest BCUT2D eigenvalue weighted by molar-refractivity contribution is 5.67. The van der Waals surface area contributed by atoms with Gasteiger partial charge in [-0.25, -0.2) is 5.10 Å². The monoisotopic (exact) mass is 259 g/mol. The Hall–Kier alpha value is -2.14. The molecule has 0 aliphatic rings. The van der Waals surface area contributed by atoms with Gasteiger partial charge in [-0.15, -0.1) is 0 Å². The summed E-state index contributed by atoms with van der Waals surface area (Å²) in [4.78, 5) is 11.6. The normalized spacial score (nSPS) is 12.2. The molecule has 2 rings (SSSR count). The van der Waals surface area contributed by atoms with Gasteiger partial charge in [0, 0.05) is 17.2 Å². The van der Waals surface area contributed by atoms with E-state index in [2.05, 4.69) is 10.2 Å². The van der Waals surface area contributed by atoms with Crippen LogP contribution < -0.4 is 16.0 Å². The van der Waals surface area contributed by atoms with Crippen molar-refractivity contribution in [2.75, 3.05) is 6.61 Å². The predicted octanol–water partition coefficient (Wildman–Crippen LogP) is 1.86. The van der Waals surface area contributed by atoms with Crippen LogP contribution in [-0.4, -0.2) is 16.8 Å². The van der Waals surface area contributed by atoms with Gasteiger partial charge in [-0.1, -0.05) is 12.1 Å². The first kappa shape index (κ1) is 13.3. The van der Waals surface area contributed by atoms with Crippen molar-refractivity contribution in [3.63, 3.8) is 0 Å². The molecule has 0 bridgehead atoms. The van der Waals surface area contributed by atoms with Crippen molar-refractivity contribution in [1.82, 2.24) is 10.2 Å². The zero-order valence-corrected chi connectivity index (χ0v) is 11.0. The fraction of sp³-hybridized carbons (Fsp3) is 0.286. The Balaban J connectivity index is 2.53. The number of ether oxygens (including phenoxy) is 1. The molecule has 1 atom stereocenters. The summed E-state index contributed by atoms with van der Waals surface area (Å²) >= 11 is 0. The van der Waals surface area contributed by atoms with Gasteiger partial charge in [-0.05, 0) is 32.0 Å². The van der Waals surface area contributed by atoms with Crippen molar-refractivity contribution in [2.24, 2.45) is 5.73 Å². The van der Waals surface area contributed by atoms with E-state index in [-0.39, 0.29) is 11.6 Å². The minimum atomic E-state index is -0.343. The molecule has 0 saturated carbocycles. The number of nitrogens with zero attached hydrogens (tertiary/aromatic N) is 1. The van der Waals surface area contributed by atoms with E-state index in [0.29, 0.717) is 17.9 Å². The van der Waals surface area contributed by atoms with Crippen LogP contribution in [0.5, 0.6) is 5.75 Å². The van der Waals surface area contributed by atoms with Gasteiger partial charge in [-0.3, -0.25) is 4.79 Å². The minimum Gasteiger partial charge on any atom is -0.493 e. The van der Waals surface area contributed by atoms with Gasteiger partial charge >= 0.3 is 0 Å². The first-order valence-electron chi connectivity index (χ1n) is 6.21. The van der Waals surface area contributed by atoms with Crippen LogP contribution in [0.1, 0.15) is 25.5 Å². The van der Waals surface area contributed by atoms with E-state index in [4.69, 9.17) is 10.5 Å². The second kappa shape index (κ2) is 5.67. The van der Waals surface area contributed by atoms with Crippen LogP contribution in [0.15, 0.2) is 35.1 Å². The molecule has 0 saturated heterocycles. The molecule has 0 aliphatic heterocycles. The van der Waals surface area contributed by atoms with Crippen molar-refractivity contribution in [1.29, 1.82) is 0 Å². The minimum absolute atomic E-state index is 0.257. The summed E-state index contributed by atoms with van der Waals surface area (Å²) in [5, 5.41) is 6.54. The Kier molecular flexibility index (Phi) is 3.97. The van der Waals surface area contributed by atoms with E-state index < -0.39 is 0 Å². The van der Waals surface area contributed by atoms with Crippen LogP contribution in [0.4, 0.5) is 0 Å². The van der Waals surface area contributed by atoms with Crippen LogP contribution in [0.2, 0.25) is 0 Å². The highest BCUT2D eigenvalue weighted by Gasteiger charge is 2.11. The third-order valence-electron chi connectivity index (χ3n) is 2.79. The smallest absolute Gasteiger partial charge is 0.268 e. The molecule has 0 fully saturated rings. The Bertz CT molecular complexity index is 620. The average Bonchev–Trinajstić information content (AvgIpc) is 2.40. The summed E-state index contributed by atoms with van der Waals surface area (Å²) in [6.07, 6.45) is 0. The molecule has 19 heavy (non-hydrogen) atoms. The molecule has 3 N–H and O–H groups in total. The predicted molar refractivity (Wildman–Crippen MR) is 74.1 cm³/mol. The van der Waals surface area contributed by atoms with Crippen LogP contribution in [-0.2, 0) is 0 Å². The number of para-hydroxylation sites is 1. The number of aromatic nitrogens is 2. The van der Waals surface area contributed by atoms with E-state index in [1.165, 1.54) is 0 Å². The number of benzene rings is 1. The number of aromatic amines is 1. The number of hydrogen-bond donors (Lipinski definition) is 2. The summed E-state index contributed by atoms with van der Waals surface area (Å²) < 4.78 is 5.56.